The minimum Gasteiger partial charge on any atom is -0.326 e. The summed E-state index contributed by atoms with van der Waals surface area (Å²) < 4.78 is 30.7. The maximum Gasteiger partial charge on any atom is 0.332 e. The lowest BCUT2D eigenvalue weighted by Gasteiger charge is -2.14. The molecule has 33 heavy (non-hydrogen) atoms. The zero-order chi connectivity index (χ0) is 24.3. The van der Waals surface area contributed by atoms with Crippen molar-refractivity contribution >= 4 is 38.5 Å². The van der Waals surface area contributed by atoms with Gasteiger partial charge in [0, 0.05) is 32.7 Å². The maximum absolute atomic E-state index is 12.5. The fourth-order valence-corrected chi connectivity index (χ4v) is 4.75. The van der Waals surface area contributed by atoms with Gasteiger partial charge >= 0.3 is 5.69 Å². The molecule has 0 saturated heterocycles. The second-order valence-electron chi connectivity index (χ2n) is 7.87. The molecule has 0 fully saturated rings. The molecular weight excluding hydrogens is 448 g/mol. The Kier molecular flexibility index (Phi) is 7.06. The summed E-state index contributed by atoms with van der Waals surface area (Å²) in [7, 11) is -0.482. The van der Waals surface area contributed by atoms with Gasteiger partial charge in [-0.05, 0) is 37.5 Å². The molecule has 0 saturated carbocycles. The molecule has 0 unspecified atom stereocenters. The first-order chi connectivity index (χ1) is 15.6. The van der Waals surface area contributed by atoms with Crippen LogP contribution in [0.2, 0.25) is 0 Å². The van der Waals surface area contributed by atoms with Gasteiger partial charge in [0.25, 0.3) is 5.56 Å². The normalized spacial score (nSPS) is 11.6. The Bertz CT molecular complexity index is 1420. The van der Waals surface area contributed by atoms with E-state index < -0.39 is 21.3 Å². The van der Waals surface area contributed by atoms with Crippen molar-refractivity contribution in [1.29, 1.82) is 0 Å². The van der Waals surface area contributed by atoms with Crippen LogP contribution in [0.4, 0.5) is 11.4 Å². The summed E-state index contributed by atoms with van der Waals surface area (Å²) in [5.74, 6) is -0.222. The first-order valence-electron chi connectivity index (χ1n) is 10.6. The SMILES string of the molecule is CCCS(=O)(=O)Nc1cccc(NC(=O)CCCn2cnc3c2c(=O)n(C)c(=O)n3C)c1C. The maximum atomic E-state index is 12.5. The molecule has 2 heterocycles. The second-order valence-corrected chi connectivity index (χ2v) is 9.71. The van der Waals surface area contributed by atoms with E-state index in [9.17, 15) is 22.8 Å². The monoisotopic (exact) mass is 476 g/mol. The Hall–Kier alpha value is -3.41. The number of imidazole rings is 1. The highest BCUT2D eigenvalue weighted by Gasteiger charge is 2.15. The van der Waals surface area contributed by atoms with E-state index in [1.54, 1.807) is 43.7 Å². The lowest BCUT2D eigenvalue weighted by Crippen LogP contribution is -2.37. The average molecular weight is 477 g/mol. The van der Waals surface area contributed by atoms with Crippen LogP contribution >= 0.6 is 0 Å². The van der Waals surface area contributed by atoms with E-state index in [0.29, 0.717) is 47.5 Å². The number of aryl methyl sites for hydroxylation is 2. The number of anilines is 2. The van der Waals surface area contributed by atoms with Crippen LogP contribution in [0.5, 0.6) is 0 Å². The van der Waals surface area contributed by atoms with Gasteiger partial charge in [-0.15, -0.1) is 0 Å². The topological polar surface area (TPSA) is 137 Å². The van der Waals surface area contributed by atoms with Crippen molar-refractivity contribution in [2.75, 3.05) is 15.8 Å². The Morgan fingerprint density at radius 1 is 1.12 bits per heavy atom. The summed E-state index contributed by atoms with van der Waals surface area (Å²) in [6, 6.07) is 5.03. The van der Waals surface area contributed by atoms with Crippen molar-refractivity contribution in [3.05, 3.63) is 50.9 Å². The largest absolute Gasteiger partial charge is 0.332 e. The van der Waals surface area contributed by atoms with E-state index in [4.69, 9.17) is 0 Å². The number of benzene rings is 1. The number of rotatable bonds is 9. The molecule has 1 amide bonds. The lowest BCUT2D eigenvalue weighted by atomic mass is 10.1. The van der Waals surface area contributed by atoms with Crippen molar-refractivity contribution in [2.45, 2.75) is 39.7 Å². The number of fused-ring (bicyclic) bond motifs is 1. The molecule has 178 valence electrons. The predicted molar refractivity (Wildman–Crippen MR) is 127 cm³/mol. The van der Waals surface area contributed by atoms with E-state index in [1.807, 2.05) is 0 Å². The van der Waals surface area contributed by atoms with Crippen molar-refractivity contribution < 1.29 is 13.2 Å². The molecule has 2 aromatic heterocycles. The summed E-state index contributed by atoms with van der Waals surface area (Å²) in [4.78, 5) is 41.2. The van der Waals surface area contributed by atoms with Crippen LogP contribution in [0, 0.1) is 6.92 Å². The van der Waals surface area contributed by atoms with E-state index in [1.165, 1.54) is 17.9 Å². The molecule has 0 atom stereocenters. The van der Waals surface area contributed by atoms with E-state index in [-0.39, 0.29) is 18.1 Å². The molecule has 12 heteroatoms. The number of hydrogen-bond acceptors (Lipinski definition) is 6. The first kappa shape index (κ1) is 24.2. The average Bonchev–Trinajstić information content (AvgIpc) is 3.17. The summed E-state index contributed by atoms with van der Waals surface area (Å²) >= 11 is 0. The van der Waals surface area contributed by atoms with Gasteiger partial charge in [0.15, 0.2) is 11.2 Å². The smallest absolute Gasteiger partial charge is 0.326 e. The van der Waals surface area contributed by atoms with Gasteiger partial charge < -0.3 is 9.88 Å². The zero-order valence-electron chi connectivity index (χ0n) is 19.1. The third kappa shape index (κ3) is 5.16. The van der Waals surface area contributed by atoms with Crippen LogP contribution in [0.25, 0.3) is 11.2 Å². The first-order valence-corrected chi connectivity index (χ1v) is 12.2. The van der Waals surface area contributed by atoms with Crippen LogP contribution in [0.3, 0.4) is 0 Å². The summed E-state index contributed by atoms with van der Waals surface area (Å²) in [6.07, 6.45) is 2.60. The van der Waals surface area contributed by atoms with E-state index in [2.05, 4.69) is 15.0 Å². The minimum absolute atomic E-state index is 0.0171. The Balaban J connectivity index is 1.67. The van der Waals surface area contributed by atoms with Crippen LogP contribution in [0.15, 0.2) is 34.1 Å². The molecule has 3 aromatic rings. The number of sulfonamides is 1. The zero-order valence-corrected chi connectivity index (χ0v) is 19.9. The third-order valence-corrected chi connectivity index (χ3v) is 6.84. The highest BCUT2D eigenvalue weighted by atomic mass is 32.2. The number of carbonyl (C=O) groups is 1. The standard InChI is InChI=1S/C21H28N6O5S/c1-5-12-33(31,32)24-16-9-6-8-15(14(16)2)23-17(28)10-7-11-27-13-22-19-18(27)20(29)26(4)21(30)25(19)3/h6,8-9,13,24H,5,7,10-12H2,1-4H3,(H,23,28). The van der Waals surface area contributed by atoms with Gasteiger partial charge in [-0.2, -0.15) is 0 Å². The molecule has 2 N–H and O–H groups in total. The Morgan fingerprint density at radius 3 is 2.52 bits per heavy atom. The number of hydrogen-bond donors (Lipinski definition) is 2. The molecule has 0 spiro atoms. The van der Waals surface area contributed by atoms with E-state index in [0.717, 1.165) is 4.57 Å². The van der Waals surface area contributed by atoms with E-state index >= 15 is 0 Å². The van der Waals surface area contributed by atoms with Crippen molar-refractivity contribution in [2.24, 2.45) is 14.1 Å². The summed E-state index contributed by atoms with van der Waals surface area (Å²) in [5.41, 5.74) is 1.28. The van der Waals surface area contributed by atoms with Crippen molar-refractivity contribution in [3.63, 3.8) is 0 Å². The fraction of sp³-hybridized carbons (Fsp3) is 0.429. The quantitative estimate of drug-likeness (QED) is 0.478. The van der Waals surface area contributed by atoms with Gasteiger partial charge in [0.2, 0.25) is 15.9 Å². The molecule has 0 bridgehead atoms. The number of aromatic nitrogens is 4. The van der Waals surface area contributed by atoms with Crippen molar-refractivity contribution in [3.8, 4) is 0 Å². The van der Waals surface area contributed by atoms with Crippen LogP contribution < -0.4 is 21.3 Å². The minimum atomic E-state index is -3.44. The van der Waals surface area contributed by atoms with Crippen LogP contribution in [-0.2, 0) is 35.5 Å². The Morgan fingerprint density at radius 2 is 1.82 bits per heavy atom. The molecule has 0 radical (unpaired) electrons. The summed E-state index contributed by atoms with van der Waals surface area (Å²) in [6.45, 7) is 3.89. The molecule has 1 aromatic carbocycles. The third-order valence-electron chi connectivity index (χ3n) is 5.37. The molecule has 0 aliphatic carbocycles. The van der Waals surface area contributed by atoms with Crippen LogP contribution in [0.1, 0.15) is 31.7 Å². The van der Waals surface area contributed by atoms with Crippen LogP contribution in [-0.4, -0.2) is 38.8 Å². The number of carbonyl (C=O) groups excluding carboxylic acids is 1. The van der Waals surface area contributed by atoms with Gasteiger partial charge in [0.05, 0.1) is 17.8 Å². The molecular formula is C21H28N6O5S. The van der Waals surface area contributed by atoms with Gasteiger partial charge in [0.1, 0.15) is 0 Å². The van der Waals surface area contributed by atoms with Crippen molar-refractivity contribution in [1.82, 2.24) is 18.7 Å². The summed E-state index contributed by atoms with van der Waals surface area (Å²) in [5, 5.41) is 2.81. The molecule has 11 nitrogen and oxygen atoms in total. The Labute approximate surface area is 191 Å². The highest BCUT2D eigenvalue weighted by Crippen LogP contribution is 2.24. The van der Waals surface area contributed by atoms with Gasteiger partial charge in [-0.1, -0.05) is 13.0 Å². The fourth-order valence-electron chi connectivity index (χ4n) is 3.56. The number of nitrogens with zero attached hydrogens (tertiary/aromatic N) is 4. The second kappa shape index (κ2) is 9.61. The number of nitrogens with one attached hydrogen (secondary N) is 2. The molecule has 0 aliphatic rings. The van der Waals surface area contributed by atoms with Gasteiger partial charge in [-0.3, -0.25) is 23.4 Å². The number of amides is 1. The molecule has 3 rings (SSSR count). The highest BCUT2D eigenvalue weighted by molar-refractivity contribution is 7.92. The predicted octanol–water partition coefficient (Wildman–Crippen LogP) is 1.31. The lowest BCUT2D eigenvalue weighted by molar-refractivity contribution is -0.116. The molecule has 0 aliphatic heterocycles. The van der Waals surface area contributed by atoms with Gasteiger partial charge in [-0.25, -0.2) is 18.2 Å².